The number of amides is 2. The number of carbonyl (C=O) groups excluding carboxylic acids is 2. The van der Waals surface area contributed by atoms with E-state index < -0.39 is 0 Å². The van der Waals surface area contributed by atoms with Crippen LogP contribution in [0.3, 0.4) is 0 Å². The third-order valence-corrected chi connectivity index (χ3v) is 3.38. The number of nitrogens with zero attached hydrogens (tertiary/aromatic N) is 1. The Morgan fingerprint density at radius 3 is 2.86 bits per heavy atom. The van der Waals surface area contributed by atoms with Gasteiger partial charge in [-0.3, -0.25) is 9.59 Å². The van der Waals surface area contributed by atoms with Crippen LogP contribution in [0.2, 0.25) is 0 Å². The number of anilines is 1. The van der Waals surface area contributed by atoms with Crippen LogP contribution in [-0.4, -0.2) is 36.4 Å². The van der Waals surface area contributed by atoms with Gasteiger partial charge < -0.3 is 15.0 Å². The SMILES string of the molecule is CCN1CCOc2ccc(NC(=O)CC(C)C)cc2C1=O. The molecule has 0 fully saturated rings. The van der Waals surface area contributed by atoms with Gasteiger partial charge in [0, 0.05) is 18.7 Å². The number of nitrogens with one attached hydrogen (secondary N) is 1. The molecule has 0 spiro atoms. The maximum atomic E-state index is 12.4. The van der Waals surface area contributed by atoms with Gasteiger partial charge in [-0.2, -0.15) is 0 Å². The zero-order chi connectivity index (χ0) is 15.4. The Bertz CT molecular complexity index is 540. The zero-order valence-corrected chi connectivity index (χ0v) is 12.8. The van der Waals surface area contributed by atoms with Gasteiger partial charge in [0.25, 0.3) is 5.91 Å². The molecule has 0 unspecified atom stereocenters. The molecule has 0 aliphatic carbocycles. The lowest BCUT2D eigenvalue weighted by Gasteiger charge is -2.17. The minimum atomic E-state index is -0.0510. The van der Waals surface area contributed by atoms with Gasteiger partial charge in [0.15, 0.2) is 0 Å². The summed E-state index contributed by atoms with van der Waals surface area (Å²) < 4.78 is 5.60. The van der Waals surface area contributed by atoms with E-state index in [0.29, 0.717) is 49.0 Å². The maximum absolute atomic E-state index is 12.4. The van der Waals surface area contributed by atoms with E-state index >= 15 is 0 Å². The minimum Gasteiger partial charge on any atom is -0.491 e. The fourth-order valence-electron chi connectivity index (χ4n) is 2.32. The third kappa shape index (κ3) is 3.74. The van der Waals surface area contributed by atoms with Crippen molar-refractivity contribution >= 4 is 17.5 Å². The lowest BCUT2D eigenvalue weighted by atomic mass is 10.1. The first-order valence-electron chi connectivity index (χ1n) is 7.37. The standard InChI is InChI=1S/C16H22N2O3/c1-4-18-7-8-21-14-6-5-12(10-13(14)16(18)20)17-15(19)9-11(2)3/h5-6,10-11H,4,7-9H2,1-3H3,(H,17,19). The van der Waals surface area contributed by atoms with E-state index in [0.717, 1.165) is 0 Å². The van der Waals surface area contributed by atoms with E-state index in [4.69, 9.17) is 4.74 Å². The normalized spacial score (nSPS) is 14.5. The monoisotopic (exact) mass is 290 g/mol. The van der Waals surface area contributed by atoms with Crippen LogP contribution in [0, 0.1) is 5.92 Å². The molecule has 0 radical (unpaired) electrons. The van der Waals surface area contributed by atoms with Crippen molar-refractivity contribution in [2.45, 2.75) is 27.2 Å². The lowest BCUT2D eigenvalue weighted by molar-refractivity contribution is -0.116. The van der Waals surface area contributed by atoms with Crippen molar-refractivity contribution in [3.8, 4) is 5.75 Å². The Balaban J connectivity index is 2.21. The number of rotatable bonds is 4. The zero-order valence-electron chi connectivity index (χ0n) is 12.8. The topological polar surface area (TPSA) is 58.6 Å². The van der Waals surface area contributed by atoms with Crippen molar-refractivity contribution in [2.75, 3.05) is 25.0 Å². The van der Waals surface area contributed by atoms with Crippen molar-refractivity contribution < 1.29 is 14.3 Å². The predicted octanol–water partition coefficient (Wildman–Crippen LogP) is 2.53. The van der Waals surface area contributed by atoms with Crippen LogP contribution in [0.25, 0.3) is 0 Å². The van der Waals surface area contributed by atoms with Crippen LogP contribution in [0.1, 0.15) is 37.6 Å². The van der Waals surface area contributed by atoms with Crippen LogP contribution in [0.4, 0.5) is 5.69 Å². The Hall–Kier alpha value is -2.04. The van der Waals surface area contributed by atoms with Gasteiger partial charge in [0.1, 0.15) is 12.4 Å². The molecule has 1 aliphatic rings. The van der Waals surface area contributed by atoms with Crippen LogP contribution in [0.5, 0.6) is 5.75 Å². The summed E-state index contributed by atoms with van der Waals surface area (Å²) >= 11 is 0. The second-order valence-electron chi connectivity index (χ2n) is 5.59. The number of hydrogen-bond acceptors (Lipinski definition) is 3. The molecular weight excluding hydrogens is 268 g/mol. The third-order valence-electron chi connectivity index (χ3n) is 3.38. The number of fused-ring (bicyclic) bond motifs is 1. The van der Waals surface area contributed by atoms with Gasteiger partial charge in [0.05, 0.1) is 12.1 Å². The fourth-order valence-corrected chi connectivity index (χ4v) is 2.32. The van der Waals surface area contributed by atoms with Crippen molar-refractivity contribution in [2.24, 2.45) is 5.92 Å². The second kappa shape index (κ2) is 6.61. The summed E-state index contributed by atoms with van der Waals surface area (Å²) in [5.74, 6) is 0.786. The van der Waals surface area contributed by atoms with Crippen molar-refractivity contribution in [3.63, 3.8) is 0 Å². The Kier molecular flexibility index (Phi) is 4.83. The highest BCUT2D eigenvalue weighted by molar-refractivity contribution is 5.99. The molecule has 0 aromatic heterocycles. The average Bonchev–Trinajstić information content (AvgIpc) is 2.57. The summed E-state index contributed by atoms with van der Waals surface area (Å²) in [6.07, 6.45) is 0.461. The molecule has 1 aromatic carbocycles. The quantitative estimate of drug-likeness (QED) is 0.927. The molecule has 0 saturated heterocycles. The fraction of sp³-hybridized carbons (Fsp3) is 0.500. The first-order chi connectivity index (χ1) is 10.0. The summed E-state index contributed by atoms with van der Waals surface area (Å²) in [5.41, 5.74) is 1.14. The summed E-state index contributed by atoms with van der Waals surface area (Å²) in [4.78, 5) is 26.0. The van der Waals surface area contributed by atoms with Gasteiger partial charge in [-0.15, -0.1) is 0 Å². The summed E-state index contributed by atoms with van der Waals surface area (Å²) in [6.45, 7) is 7.65. The lowest BCUT2D eigenvalue weighted by Crippen LogP contribution is -2.32. The molecule has 0 atom stereocenters. The number of carbonyl (C=O) groups is 2. The number of likely N-dealkylation sites (N-methyl/N-ethyl adjacent to an activating group) is 1. The highest BCUT2D eigenvalue weighted by Gasteiger charge is 2.22. The molecule has 21 heavy (non-hydrogen) atoms. The molecule has 2 amide bonds. The van der Waals surface area contributed by atoms with Crippen molar-refractivity contribution in [3.05, 3.63) is 23.8 Å². The molecule has 5 heteroatoms. The van der Waals surface area contributed by atoms with Crippen molar-refractivity contribution in [1.82, 2.24) is 4.90 Å². The molecule has 114 valence electrons. The van der Waals surface area contributed by atoms with Crippen LogP contribution in [0.15, 0.2) is 18.2 Å². The van der Waals surface area contributed by atoms with E-state index in [1.165, 1.54) is 0 Å². The van der Waals surface area contributed by atoms with E-state index in [1.807, 2.05) is 20.8 Å². The smallest absolute Gasteiger partial charge is 0.257 e. The molecule has 1 aromatic rings. The first-order valence-corrected chi connectivity index (χ1v) is 7.37. The van der Waals surface area contributed by atoms with Crippen LogP contribution >= 0.6 is 0 Å². The van der Waals surface area contributed by atoms with E-state index in [1.54, 1.807) is 23.1 Å². The molecule has 0 saturated carbocycles. The Labute approximate surface area is 125 Å². The largest absolute Gasteiger partial charge is 0.491 e. The Morgan fingerprint density at radius 1 is 1.43 bits per heavy atom. The molecule has 5 nitrogen and oxygen atoms in total. The molecule has 1 N–H and O–H groups in total. The molecule has 2 rings (SSSR count). The molecule has 0 bridgehead atoms. The van der Waals surface area contributed by atoms with Crippen LogP contribution in [-0.2, 0) is 4.79 Å². The predicted molar refractivity (Wildman–Crippen MR) is 81.6 cm³/mol. The molecule has 1 aliphatic heterocycles. The van der Waals surface area contributed by atoms with Gasteiger partial charge in [0.2, 0.25) is 5.91 Å². The van der Waals surface area contributed by atoms with Crippen LogP contribution < -0.4 is 10.1 Å². The van der Waals surface area contributed by atoms with E-state index in [2.05, 4.69) is 5.32 Å². The molecular formula is C16H22N2O3. The highest BCUT2D eigenvalue weighted by Crippen LogP contribution is 2.26. The van der Waals surface area contributed by atoms with Crippen molar-refractivity contribution in [1.29, 1.82) is 0 Å². The Morgan fingerprint density at radius 2 is 2.19 bits per heavy atom. The number of benzene rings is 1. The molecule has 1 heterocycles. The van der Waals surface area contributed by atoms with Gasteiger partial charge >= 0.3 is 0 Å². The second-order valence-corrected chi connectivity index (χ2v) is 5.59. The van der Waals surface area contributed by atoms with E-state index in [9.17, 15) is 9.59 Å². The van der Waals surface area contributed by atoms with Gasteiger partial charge in [-0.05, 0) is 31.0 Å². The number of ether oxygens (including phenoxy) is 1. The summed E-state index contributed by atoms with van der Waals surface area (Å²) in [7, 11) is 0. The summed E-state index contributed by atoms with van der Waals surface area (Å²) in [5, 5.41) is 2.83. The van der Waals surface area contributed by atoms with Gasteiger partial charge in [-0.25, -0.2) is 0 Å². The number of hydrogen-bond donors (Lipinski definition) is 1. The maximum Gasteiger partial charge on any atom is 0.257 e. The first kappa shape index (κ1) is 15.4. The van der Waals surface area contributed by atoms with Gasteiger partial charge in [-0.1, -0.05) is 13.8 Å². The summed E-state index contributed by atoms with van der Waals surface area (Å²) in [6, 6.07) is 5.22. The highest BCUT2D eigenvalue weighted by atomic mass is 16.5. The minimum absolute atomic E-state index is 0.0423. The van der Waals surface area contributed by atoms with E-state index in [-0.39, 0.29) is 11.8 Å². The average molecular weight is 290 g/mol.